The highest BCUT2D eigenvalue weighted by Crippen LogP contribution is 2.31. The topological polar surface area (TPSA) is 58.0 Å². The van der Waals surface area contributed by atoms with Gasteiger partial charge in [-0.15, -0.1) is 0 Å². The Morgan fingerprint density at radius 3 is 2.30 bits per heavy atom. The van der Waals surface area contributed by atoms with Gasteiger partial charge in [-0.05, 0) is 23.8 Å². The summed E-state index contributed by atoms with van der Waals surface area (Å²) < 4.78 is 1.16. The van der Waals surface area contributed by atoms with Crippen LogP contribution in [0.15, 0.2) is 53.3 Å². The summed E-state index contributed by atoms with van der Waals surface area (Å²) in [6.45, 7) is 1.91. The number of aromatic hydroxyl groups is 1. The number of nitrogens with one attached hydrogen (secondary N) is 1. The summed E-state index contributed by atoms with van der Waals surface area (Å²) in [4.78, 5) is 15.0. The third-order valence-corrected chi connectivity index (χ3v) is 4.17. The van der Waals surface area contributed by atoms with Crippen molar-refractivity contribution in [2.75, 3.05) is 0 Å². The van der Waals surface area contributed by atoms with Gasteiger partial charge >= 0.3 is 5.69 Å². The molecule has 0 saturated heterocycles. The first-order valence-electron chi connectivity index (χ1n) is 7.02. The van der Waals surface area contributed by atoms with E-state index in [2.05, 4.69) is 4.98 Å². The maximum atomic E-state index is 12.3. The maximum absolute atomic E-state index is 12.3. The minimum absolute atomic E-state index is 0.148. The van der Waals surface area contributed by atoms with Gasteiger partial charge in [0, 0.05) is 16.0 Å². The van der Waals surface area contributed by atoms with Gasteiger partial charge in [0.05, 0.1) is 11.4 Å². The van der Waals surface area contributed by atoms with E-state index < -0.39 is 5.69 Å². The van der Waals surface area contributed by atoms with E-state index in [0.717, 1.165) is 10.1 Å². The second-order valence-electron chi connectivity index (χ2n) is 5.26. The zero-order valence-corrected chi connectivity index (χ0v) is 13.8. The molecule has 1 heterocycles. The average Bonchev–Trinajstić information content (AvgIpc) is 2.81. The fraction of sp³-hybridized carbons (Fsp3) is 0.118. The molecule has 0 bridgehead atoms. The van der Waals surface area contributed by atoms with E-state index in [0.29, 0.717) is 21.4 Å². The number of benzene rings is 2. The van der Waals surface area contributed by atoms with Crippen LogP contribution in [0.2, 0.25) is 10.0 Å². The molecule has 3 rings (SSSR count). The van der Waals surface area contributed by atoms with E-state index in [1.807, 2.05) is 37.3 Å². The molecule has 118 valence electrons. The lowest BCUT2D eigenvalue weighted by Gasteiger charge is -2.11. The first-order chi connectivity index (χ1) is 11.0. The van der Waals surface area contributed by atoms with Crippen molar-refractivity contribution in [2.24, 2.45) is 0 Å². The Morgan fingerprint density at radius 2 is 1.70 bits per heavy atom. The number of hydrogen-bond donors (Lipinski definition) is 2. The highest BCUT2D eigenvalue weighted by molar-refractivity contribution is 6.34. The number of hydrogen-bond acceptors (Lipinski definition) is 2. The summed E-state index contributed by atoms with van der Waals surface area (Å²) in [5.41, 5.74) is 1.39. The van der Waals surface area contributed by atoms with Crippen LogP contribution in [0.1, 0.15) is 24.1 Å². The van der Waals surface area contributed by atoms with Gasteiger partial charge in [0.15, 0.2) is 0 Å². The molecule has 0 unspecified atom stereocenters. The van der Waals surface area contributed by atoms with Crippen LogP contribution in [-0.2, 0) is 0 Å². The molecule has 0 saturated carbocycles. The van der Waals surface area contributed by atoms with Crippen molar-refractivity contribution in [3.05, 3.63) is 80.3 Å². The largest absolute Gasteiger partial charge is 0.493 e. The number of aromatic amines is 1. The highest BCUT2D eigenvalue weighted by atomic mass is 35.5. The van der Waals surface area contributed by atoms with E-state index >= 15 is 0 Å². The van der Waals surface area contributed by atoms with Crippen molar-refractivity contribution in [1.29, 1.82) is 0 Å². The quantitative estimate of drug-likeness (QED) is 0.739. The Hall–Kier alpha value is -2.17. The molecule has 0 amide bonds. The van der Waals surface area contributed by atoms with Crippen LogP contribution < -0.4 is 5.69 Å². The number of halogens is 2. The molecule has 1 atom stereocenters. The van der Waals surface area contributed by atoms with Crippen LogP contribution in [0.25, 0.3) is 5.69 Å². The van der Waals surface area contributed by atoms with Gasteiger partial charge < -0.3 is 10.1 Å². The van der Waals surface area contributed by atoms with Crippen LogP contribution >= 0.6 is 23.2 Å². The fourth-order valence-corrected chi connectivity index (χ4v) is 3.08. The van der Waals surface area contributed by atoms with Gasteiger partial charge in [-0.3, -0.25) is 0 Å². The number of rotatable bonds is 3. The lowest BCUT2D eigenvalue weighted by atomic mass is 9.98. The van der Waals surface area contributed by atoms with Crippen LogP contribution in [0.3, 0.4) is 0 Å². The summed E-state index contributed by atoms with van der Waals surface area (Å²) in [7, 11) is 0. The van der Waals surface area contributed by atoms with Gasteiger partial charge in [-0.2, -0.15) is 0 Å². The van der Waals surface area contributed by atoms with Crippen molar-refractivity contribution < 1.29 is 5.11 Å². The first-order valence-corrected chi connectivity index (χ1v) is 7.78. The molecule has 0 aliphatic heterocycles. The van der Waals surface area contributed by atoms with Crippen molar-refractivity contribution in [1.82, 2.24) is 9.55 Å². The summed E-state index contributed by atoms with van der Waals surface area (Å²) >= 11 is 12.0. The van der Waals surface area contributed by atoms with Gasteiger partial charge in [-0.1, -0.05) is 60.5 Å². The maximum Gasteiger partial charge on any atom is 0.333 e. The summed E-state index contributed by atoms with van der Waals surface area (Å²) in [6, 6.07) is 14.3. The molecule has 0 radical (unpaired) electrons. The second-order valence-corrected chi connectivity index (χ2v) is 6.14. The van der Waals surface area contributed by atoms with E-state index in [1.54, 1.807) is 18.2 Å². The molecule has 3 aromatic rings. The first kappa shape index (κ1) is 15.7. The average molecular weight is 349 g/mol. The van der Waals surface area contributed by atoms with Crippen molar-refractivity contribution in [3.63, 3.8) is 0 Å². The van der Waals surface area contributed by atoms with Crippen LogP contribution in [0.5, 0.6) is 5.88 Å². The molecule has 6 heteroatoms. The minimum atomic E-state index is -0.446. The van der Waals surface area contributed by atoms with Crippen molar-refractivity contribution >= 4 is 23.2 Å². The van der Waals surface area contributed by atoms with E-state index in [1.165, 1.54) is 0 Å². The Morgan fingerprint density at radius 1 is 1.09 bits per heavy atom. The Bertz CT molecular complexity index is 880. The Balaban J connectivity index is 2.12. The zero-order valence-electron chi connectivity index (χ0n) is 12.3. The molecule has 1 aromatic heterocycles. The van der Waals surface area contributed by atoms with Crippen LogP contribution in [-0.4, -0.2) is 14.7 Å². The highest BCUT2D eigenvalue weighted by Gasteiger charge is 2.21. The molecule has 2 N–H and O–H groups in total. The third kappa shape index (κ3) is 3.00. The Labute approximate surface area is 142 Å². The zero-order chi connectivity index (χ0) is 16.6. The fourth-order valence-electron chi connectivity index (χ4n) is 2.56. The van der Waals surface area contributed by atoms with Crippen molar-refractivity contribution in [3.8, 4) is 11.6 Å². The van der Waals surface area contributed by atoms with Gasteiger partial charge in [0.2, 0.25) is 5.88 Å². The van der Waals surface area contributed by atoms with Crippen LogP contribution in [0, 0.1) is 0 Å². The number of imidazole rings is 1. The molecule has 0 aliphatic carbocycles. The molecule has 0 aliphatic rings. The molecule has 4 nitrogen and oxygen atoms in total. The summed E-state index contributed by atoms with van der Waals surface area (Å²) in [5, 5.41) is 11.3. The number of H-pyrrole nitrogens is 1. The minimum Gasteiger partial charge on any atom is -0.493 e. The lowest BCUT2D eigenvalue weighted by molar-refractivity contribution is 0.432. The molecule has 0 spiro atoms. The second kappa shape index (κ2) is 6.14. The van der Waals surface area contributed by atoms with Crippen LogP contribution in [0.4, 0.5) is 0 Å². The van der Waals surface area contributed by atoms with Gasteiger partial charge in [0.1, 0.15) is 0 Å². The summed E-state index contributed by atoms with van der Waals surface area (Å²) in [5.74, 6) is -0.315. The molecular formula is C17H14Cl2N2O2. The molecule has 23 heavy (non-hydrogen) atoms. The van der Waals surface area contributed by atoms with E-state index in [9.17, 15) is 9.90 Å². The monoisotopic (exact) mass is 348 g/mol. The predicted octanol–water partition coefficient (Wildman–Crippen LogP) is 4.33. The molecule has 0 fully saturated rings. The predicted molar refractivity (Wildman–Crippen MR) is 92.0 cm³/mol. The molecular weight excluding hydrogens is 335 g/mol. The van der Waals surface area contributed by atoms with Gasteiger partial charge in [0.25, 0.3) is 0 Å². The normalized spacial score (nSPS) is 12.3. The SMILES string of the molecule is C[C@H](c1ccccc1)c1[nH]c(=O)n(-c2cc(Cl)cc(Cl)c2)c1O. The number of aromatic nitrogens is 2. The number of nitrogens with zero attached hydrogens (tertiary/aromatic N) is 1. The standard InChI is InChI=1S/C17H14Cl2N2O2/c1-10(11-5-3-2-4-6-11)15-16(22)21(17(23)20-15)14-8-12(18)7-13(19)9-14/h2-10,22H,1H3,(H,20,23)/t10-/m1/s1. The van der Waals surface area contributed by atoms with E-state index in [-0.39, 0.29) is 11.8 Å². The summed E-state index contributed by atoms with van der Waals surface area (Å²) in [6.07, 6.45) is 0. The molecule has 2 aromatic carbocycles. The Kier molecular flexibility index (Phi) is 4.20. The van der Waals surface area contributed by atoms with E-state index in [4.69, 9.17) is 23.2 Å². The third-order valence-electron chi connectivity index (χ3n) is 3.74. The van der Waals surface area contributed by atoms with Crippen molar-refractivity contribution in [2.45, 2.75) is 12.8 Å². The van der Waals surface area contributed by atoms with Gasteiger partial charge in [-0.25, -0.2) is 9.36 Å². The lowest BCUT2D eigenvalue weighted by Crippen LogP contribution is -2.14. The smallest absolute Gasteiger partial charge is 0.333 e.